The number of piperidine rings is 2. The zero-order valence-corrected chi connectivity index (χ0v) is 16.7. The molecule has 2 atom stereocenters. The number of carbonyl (C=O) groups excluding carboxylic acids is 1. The van der Waals surface area contributed by atoms with Gasteiger partial charge in [0.1, 0.15) is 5.82 Å². The van der Waals surface area contributed by atoms with E-state index in [-0.39, 0.29) is 5.91 Å². The zero-order chi connectivity index (χ0) is 18.8. The minimum atomic E-state index is 0.187. The van der Waals surface area contributed by atoms with Gasteiger partial charge >= 0.3 is 0 Å². The molecule has 0 unspecified atom stereocenters. The number of para-hydroxylation sites is 1. The number of benzene rings is 1. The SMILES string of the molecule is CC[C@@H]1CCCCN1C(=O)c1cc(N2CCC[C@H](C)C2)nc2ccccc12. The van der Waals surface area contributed by atoms with E-state index in [1.807, 2.05) is 24.3 Å². The van der Waals surface area contributed by atoms with Gasteiger partial charge in [0.2, 0.25) is 0 Å². The number of amides is 1. The van der Waals surface area contributed by atoms with Crippen LogP contribution >= 0.6 is 0 Å². The molecule has 1 amide bonds. The summed E-state index contributed by atoms with van der Waals surface area (Å²) in [4.78, 5) is 23.0. The summed E-state index contributed by atoms with van der Waals surface area (Å²) in [6, 6.07) is 10.5. The molecular formula is C23H31N3O. The molecule has 2 saturated heterocycles. The van der Waals surface area contributed by atoms with Crippen molar-refractivity contribution in [3.05, 3.63) is 35.9 Å². The van der Waals surface area contributed by atoms with Gasteiger partial charge in [-0.25, -0.2) is 4.98 Å². The van der Waals surface area contributed by atoms with Crippen molar-refractivity contribution < 1.29 is 4.79 Å². The van der Waals surface area contributed by atoms with Gasteiger partial charge in [0.05, 0.1) is 11.1 Å². The Morgan fingerprint density at radius 3 is 2.81 bits per heavy atom. The molecule has 27 heavy (non-hydrogen) atoms. The first kappa shape index (κ1) is 18.3. The van der Waals surface area contributed by atoms with Crippen molar-refractivity contribution >= 4 is 22.6 Å². The highest BCUT2D eigenvalue weighted by Crippen LogP contribution is 2.29. The van der Waals surface area contributed by atoms with E-state index in [2.05, 4.69) is 29.7 Å². The van der Waals surface area contributed by atoms with E-state index in [1.165, 1.54) is 19.3 Å². The number of nitrogens with zero attached hydrogens (tertiary/aromatic N) is 3. The van der Waals surface area contributed by atoms with Crippen molar-refractivity contribution in [2.45, 2.75) is 58.4 Å². The van der Waals surface area contributed by atoms with Crippen LogP contribution in [-0.4, -0.2) is 41.5 Å². The molecule has 4 nitrogen and oxygen atoms in total. The third-order valence-corrected chi connectivity index (χ3v) is 6.27. The second-order valence-electron chi connectivity index (χ2n) is 8.29. The van der Waals surface area contributed by atoms with E-state index in [9.17, 15) is 4.79 Å². The minimum Gasteiger partial charge on any atom is -0.356 e. The number of rotatable bonds is 3. The fourth-order valence-electron chi connectivity index (χ4n) is 4.74. The van der Waals surface area contributed by atoms with E-state index in [0.717, 1.165) is 61.2 Å². The molecule has 2 aliphatic rings. The number of hydrogen-bond acceptors (Lipinski definition) is 3. The largest absolute Gasteiger partial charge is 0.356 e. The third kappa shape index (κ3) is 3.67. The molecule has 2 aliphatic heterocycles. The quantitative estimate of drug-likeness (QED) is 0.778. The molecule has 2 fully saturated rings. The fourth-order valence-corrected chi connectivity index (χ4v) is 4.74. The predicted molar refractivity (Wildman–Crippen MR) is 111 cm³/mol. The summed E-state index contributed by atoms with van der Waals surface area (Å²) in [5, 5.41) is 0.983. The summed E-state index contributed by atoms with van der Waals surface area (Å²) in [6.07, 6.45) is 6.98. The Labute approximate surface area is 162 Å². The second kappa shape index (κ2) is 7.87. The number of likely N-dealkylation sites (tertiary alicyclic amines) is 1. The van der Waals surface area contributed by atoms with E-state index < -0.39 is 0 Å². The van der Waals surface area contributed by atoms with E-state index in [4.69, 9.17) is 4.98 Å². The normalized spacial score (nSPS) is 23.6. The lowest BCUT2D eigenvalue weighted by Gasteiger charge is -2.36. The van der Waals surface area contributed by atoms with E-state index in [0.29, 0.717) is 12.0 Å². The van der Waals surface area contributed by atoms with Crippen molar-refractivity contribution in [1.82, 2.24) is 9.88 Å². The highest BCUT2D eigenvalue weighted by Gasteiger charge is 2.28. The van der Waals surface area contributed by atoms with Gasteiger partial charge in [-0.15, -0.1) is 0 Å². The van der Waals surface area contributed by atoms with Gasteiger partial charge in [-0.2, -0.15) is 0 Å². The van der Waals surface area contributed by atoms with Crippen molar-refractivity contribution in [1.29, 1.82) is 0 Å². The molecule has 1 aromatic carbocycles. The van der Waals surface area contributed by atoms with Crippen LogP contribution in [0.3, 0.4) is 0 Å². The van der Waals surface area contributed by atoms with E-state index >= 15 is 0 Å². The Morgan fingerprint density at radius 1 is 1.15 bits per heavy atom. The van der Waals surface area contributed by atoms with Gasteiger partial charge in [0.25, 0.3) is 5.91 Å². The molecule has 144 valence electrons. The van der Waals surface area contributed by atoms with Crippen molar-refractivity contribution in [3.8, 4) is 0 Å². The van der Waals surface area contributed by atoms with Crippen LogP contribution in [0, 0.1) is 5.92 Å². The van der Waals surface area contributed by atoms with Crippen LogP contribution in [-0.2, 0) is 0 Å². The van der Waals surface area contributed by atoms with Crippen LogP contribution in [0.5, 0.6) is 0 Å². The van der Waals surface area contributed by atoms with Gasteiger partial charge in [0, 0.05) is 31.1 Å². The standard InChI is InChI=1S/C23H31N3O/c1-3-18-10-6-7-14-26(18)23(27)20-15-22(25-13-8-9-17(2)16-25)24-21-12-5-4-11-19(20)21/h4-5,11-12,15,17-18H,3,6-10,13-14,16H2,1-2H3/t17-,18+/m0/s1. The summed E-state index contributed by atoms with van der Waals surface area (Å²) < 4.78 is 0. The molecule has 0 bridgehead atoms. The Morgan fingerprint density at radius 2 is 2.00 bits per heavy atom. The molecular weight excluding hydrogens is 334 g/mol. The Balaban J connectivity index is 1.75. The van der Waals surface area contributed by atoms with Gasteiger partial charge in [-0.1, -0.05) is 32.0 Å². The average molecular weight is 366 g/mol. The maximum atomic E-state index is 13.6. The smallest absolute Gasteiger partial charge is 0.254 e. The summed E-state index contributed by atoms with van der Waals surface area (Å²) in [7, 11) is 0. The molecule has 0 spiro atoms. The summed E-state index contributed by atoms with van der Waals surface area (Å²) in [5.41, 5.74) is 1.76. The van der Waals surface area contributed by atoms with Crippen LogP contribution in [0.15, 0.2) is 30.3 Å². The van der Waals surface area contributed by atoms with E-state index in [1.54, 1.807) is 0 Å². The predicted octanol–water partition coefficient (Wildman–Crippen LogP) is 4.88. The number of carbonyl (C=O) groups is 1. The van der Waals surface area contributed by atoms with Crippen molar-refractivity contribution in [3.63, 3.8) is 0 Å². The lowest BCUT2D eigenvalue weighted by molar-refractivity contribution is 0.0610. The molecule has 3 heterocycles. The number of pyridine rings is 1. The topological polar surface area (TPSA) is 36.4 Å². The monoisotopic (exact) mass is 365 g/mol. The summed E-state index contributed by atoms with van der Waals surface area (Å²) in [5.74, 6) is 1.83. The van der Waals surface area contributed by atoms with Crippen LogP contribution < -0.4 is 4.90 Å². The van der Waals surface area contributed by atoms with Gasteiger partial charge in [-0.3, -0.25) is 4.79 Å². The number of aromatic nitrogens is 1. The number of fused-ring (bicyclic) bond motifs is 1. The average Bonchev–Trinajstić information content (AvgIpc) is 2.72. The van der Waals surface area contributed by atoms with Crippen LogP contribution in [0.2, 0.25) is 0 Å². The molecule has 0 N–H and O–H groups in total. The molecule has 4 rings (SSSR count). The third-order valence-electron chi connectivity index (χ3n) is 6.27. The minimum absolute atomic E-state index is 0.187. The molecule has 0 saturated carbocycles. The van der Waals surface area contributed by atoms with Crippen LogP contribution in [0.25, 0.3) is 10.9 Å². The Bertz CT molecular complexity index is 818. The van der Waals surface area contributed by atoms with Crippen LogP contribution in [0.1, 0.15) is 62.7 Å². The lowest BCUT2D eigenvalue weighted by Crippen LogP contribution is -2.43. The van der Waals surface area contributed by atoms with Gasteiger partial charge < -0.3 is 9.80 Å². The second-order valence-corrected chi connectivity index (χ2v) is 8.29. The molecule has 4 heteroatoms. The maximum Gasteiger partial charge on any atom is 0.254 e. The fraction of sp³-hybridized carbons (Fsp3) is 0.565. The Kier molecular flexibility index (Phi) is 5.33. The first-order chi connectivity index (χ1) is 13.2. The summed E-state index contributed by atoms with van der Waals surface area (Å²) in [6.45, 7) is 7.44. The molecule has 0 aliphatic carbocycles. The van der Waals surface area contributed by atoms with Crippen molar-refractivity contribution in [2.24, 2.45) is 5.92 Å². The molecule has 1 aromatic heterocycles. The highest BCUT2D eigenvalue weighted by atomic mass is 16.2. The zero-order valence-electron chi connectivity index (χ0n) is 16.7. The first-order valence-electron chi connectivity index (χ1n) is 10.6. The molecule has 2 aromatic rings. The highest BCUT2D eigenvalue weighted by molar-refractivity contribution is 6.07. The number of anilines is 1. The van der Waals surface area contributed by atoms with Crippen molar-refractivity contribution in [2.75, 3.05) is 24.5 Å². The molecule has 0 radical (unpaired) electrons. The summed E-state index contributed by atoms with van der Waals surface area (Å²) >= 11 is 0. The van der Waals surface area contributed by atoms with Gasteiger partial charge in [-0.05, 0) is 56.6 Å². The lowest BCUT2D eigenvalue weighted by atomic mass is 9.97. The number of hydrogen-bond donors (Lipinski definition) is 0. The first-order valence-corrected chi connectivity index (χ1v) is 10.6. The Hall–Kier alpha value is -2.10. The maximum absolute atomic E-state index is 13.6. The van der Waals surface area contributed by atoms with Crippen LogP contribution in [0.4, 0.5) is 5.82 Å². The van der Waals surface area contributed by atoms with Gasteiger partial charge in [0.15, 0.2) is 0 Å².